The third-order valence-corrected chi connectivity index (χ3v) is 2.75. The number of carbonyl (C=O) groups excluding carboxylic acids is 1. The molecule has 1 aromatic carbocycles. The first-order valence-corrected chi connectivity index (χ1v) is 6.11. The summed E-state index contributed by atoms with van der Waals surface area (Å²) in [6.45, 7) is 4.88. The van der Waals surface area contributed by atoms with E-state index in [1.165, 1.54) is 0 Å². The molecule has 0 heterocycles. The molecule has 1 rings (SSSR count). The van der Waals surface area contributed by atoms with Gasteiger partial charge in [0, 0.05) is 18.5 Å². The van der Waals surface area contributed by atoms with E-state index < -0.39 is 0 Å². The van der Waals surface area contributed by atoms with Crippen LogP contribution in [0.2, 0.25) is 0 Å². The van der Waals surface area contributed by atoms with E-state index >= 15 is 0 Å². The monoisotopic (exact) mass is 251 g/mol. The van der Waals surface area contributed by atoms with Crippen LogP contribution in [-0.4, -0.2) is 32.6 Å². The zero-order valence-electron chi connectivity index (χ0n) is 11.4. The molecule has 0 spiro atoms. The highest BCUT2D eigenvalue weighted by Gasteiger charge is 2.15. The Kier molecular flexibility index (Phi) is 5.65. The molecular weight excluding hydrogens is 230 g/mol. The fourth-order valence-corrected chi connectivity index (χ4v) is 1.84. The first kappa shape index (κ1) is 14.5. The van der Waals surface area contributed by atoms with Crippen molar-refractivity contribution < 1.29 is 14.3 Å². The summed E-state index contributed by atoms with van der Waals surface area (Å²) >= 11 is 0. The number of Topliss-reactive ketones (excluding diaryl/α,β-unsaturated/α-hetero) is 1. The topological polar surface area (TPSA) is 47.6 Å². The molecule has 0 aromatic heterocycles. The lowest BCUT2D eigenvalue weighted by Gasteiger charge is -2.13. The Morgan fingerprint density at radius 2 is 2.06 bits per heavy atom. The van der Waals surface area contributed by atoms with E-state index in [-0.39, 0.29) is 11.8 Å². The summed E-state index contributed by atoms with van der Waals surface area (Å²) in [6, 6.07) is 5.41. The van der Waals surface area contributed by atoms with Gasteiger partial charge in [-0.2, -0.15) is 0 Å². The Balaban J connectivity index is 2.84. The van der Waals surface area contributed by atoms with Crippen LogP contribution in [0, 0.1) is 0 Å². The van der Waals surface area contributed by atoms with Gasteiger partial charge in [0.15, 0.2) is 5.78 Å². The van der Waals surface area contributed by atoms with Gasteiger partial charge in [0.25, 0.3) is 0 Å². The van der Waals surface area contributed by atoms with Crippen LogP contribution < -0.4 is 14.8 Å². The maximum Gasteiger partial charge on any atom is 0.168 e. The lowest BCUT2D eigenvalue weighted by molar-refractivity contribution is 0.0969. The number of hydrogen-bond acceptors (Lipinski definition) is 4. The van der Waals surface area contributed by atoms with Crippen molar-refractivity contribution in [2.24, 2.45) is 0 Å². The lowest BCUT2D eigenvalue weighted by Crippen LogP contribution is -2.28. The van der Waals surface area contributed by atoms with E-state index in [2.05, 4.69) is 5.32 Å². The first-order chi connectivity index (χ1) is 8.62. The summed E-state index contributed by atoms with van der Waals surface area (Å²) in [5.41, 5.74) is 0.600. The molecule has 0 saturated carbocycles. The summed E-state index contributed by atoms with van der Waals surface area (Å²) in [5.74, 6) is 1.31. The van der Waals surface area contributed by atoms with Gasteiger partial charge in [-0.3, -0.25) is 4.79 Å². The molecule has 0 radical (unpaired) electrons. The SMILES string of the molecule is CCNC(C)CC(=O)c1ccc(OC)cc1OC. The summed E-state index contributed by atoms with van der Waals surface area (Å²) in [5, 5.41) is 3.22. The van der Waals surface area contributed by atoms with Crippen LogP contribution >= 0.6 is 0 Å². The zero-order chi connectivity index (χ0) is 13.5. The van der Waals surface area contributed by atoms with Crippen molar-refractivity contribution in [2.75, 3.05) is 20.8 Å². The standard InChI is InChI=1S/C14H21NO3/c1-5-15-10(2)8-13(16)12-7-6-11(17-3)9-14(12)18-4/h6-7,9-10,15H,5,8H2,1-4H3. The Morgan fingerprint density at radius 3 is 2.61 bits per heavy atom. The number of hydrogen-bond donors (Lipinski definition) is 1. The third kappa shape index (κ3) is 3.74. The van der Waals surface area contributed by atoms with Crippen molar-refractivity contribution in [3.05, 3.63) is 23.8 Å². The van der Waals surface area contributed by atoms with Crippen LogP contribution in [0.1, 0.15) is 30.6 Å². The van der Waals surface area contributed by atoms with Crippen molar-refractivity contribution in [1.29, 1.82) is 0 Å². The molecule has 4 heteroatoms. The van der Waals surface area contributed by atoms with Gasteiger partial charge in [-0.25, -0.2) is 0 Å². The second-order valence-corrected chi connectivity index (χ2v) is 4.15. The Morgan fingerprint density at radius 1 is 1.33 bits per heavy atom. The lowest BCUT2D eigenvalue weighted by atomic mass is 10.0. The second-order valence-electron chi connectivity index (χ2n) is 4.15. The van der Waals surface area contributed by atoms with Crippen LogP contribution in [0.3, 0.4) is 0 Å². The van der Waals surface area contributed by atoms with Crippen molar-refractivity contribution in [3.8, 4) is 11.5 Å². The molecule has 0 aliphatic heterocycles. The number of ether oxygens (including phenoxy) is 2. The van der Waals surface area contributed by atoms with E-state index in [0.717, 1.165) is 6.54 Å². The zero-order valence-corrected chi connectivity index (χ0v) is 11.4. The van der Waals surface area contributed by atoms with E-state index in [4.69, 9.17) is 9.47 Å². The molecule has 1 aromatic rings. The van der Waals surface area contributed by atoms with Gasteiger partial charge in [-0.1, -0.05) is 6.92 Å². The molecule has 18 heavy (non-hydrogen) atoms. The molecule has 1 unspecified atom stereocenters. The molecular formula is C14H21NO3. The fourth-order valence-electron chi connectivity index (χ4n) is 1.84. The number of carbonyl (C=O) groups is 1. The van der Waals surface area contributed by atoms with Crippen LogP contribution in [0.25, 0.3) is 0 Å². The molecule has 4 nitrogen and oxygen atoms in total. The van der Waals surface area contributed by atoms with E-state index in [1.807, 2.05) is 13.8 Å². The van der Waals surface area contributed by atoms with Crippen molar-refractivity contribution in [3.63, 3.8) is 0 Å². The number of nitrogens with one attached hydrogen (secondary N) is 1. The third-order valence-electron chi connectivity index (χ3n) is 2.75. The highest BCUT2D eigenvalue weighted by molar-refractivity contribution is 5.99. The maximum atomic E-state index is 12.1. The van der Waals surface area contributed by atoms with Gasteiger partial charge in [-0.15, -0.1) is 0 Å². The molecule has 0 amide bonds. The quantitative estimate of drug-likeness (QED) is 0.755. The first-order valence-electron chi connectivity index (χ1n) is 6.11. The predicted octanol–water partition coefficient (Wildman–Crippen LogP) is 2.27. The summed E-state index contributed by atoms with van der Waals surface area (Å²) in [4.78, 5) is 12.1. The average Bonchev–Trinajstić information content (AvgIpc) is 2.38. The second kappa shape index (κ2) is 7.01. The molecule has 0 fully saturated rings. The van der Waals surface area contributed by atoms with Crippen LogP contribution in [0.5, 0.6) is 11.5 Å². The number of ketones is 1. The molecule has 0 aliphatic rings. The molecule has 1 N–H and O–H groups in total. The van der Waals surface area contributed by atoms with Gasteiger partial charge < -0.3 is 14.8 Å². The Hall–Kier alpha value is -1.55. The fraction of sp³-hybridized carbons (Fsp3) is 0.500. The molecule has 1 atom stereocenters. The minimum Gasteiger partial charge on any atom is -0.497 e. The highest BCUT2D eigenvalue weighted by Crippen LogP contribution is 2.25. The molecule has 0 aliphatic carbocycles. The van der Waals surface area contributed by atoms with Crippen LogP contribution in [-0.2, 0) is 0 Å². The van der Waals surface area contributed by atoms with Crippen molar-refractivity contribution >= 4 is 5.78 Å². The smallest absolute Gasteiger partial charge is 0.168 e. The average molecular weight is 251 g/mol. The normalized spacial score (nSPS) is 12.0. The van der Waals surface area contributed by atoms with Gasteiger partial charge in [0.05, 0.1) is 19.8 Å². The van der Waals surface area contributed by atoms with Gasteiger partial charge in [-0.05, 0) is 25.6 Å². The summed E-state index contributed by atoms with van der Waals surface area (Å²) < 4.78 is 10.3. The van der Waals surface area contributed by atoms with Crippen LogP contribution in [0.4, 0.5) is 0 Å². The van der Waals surface area contributed by atoms with Crippen molar-refractivity contribution in [2.45, 2.75) is 26.3 Å². The van der Waals surface area contributed by atoms with E-state index in [1.54, 1.807) is 32.4 Å². The van der Waals surface area contributed by atoms with Gasteiger partial charge in [0.1, 0.15) is 11.5 Å². The summed E-state index contributed by atoms with van der Waals surface area (Å²) in [7, 11) is 3.14. The molecule has 0 saturated heterocycles. The minimum absolute atomic E-state index is 0.0722. The van der Waals surface area contributed by atoms with E-state index in [0.29, 0.717) is 23.5 Å². The van der Waals surface area contributed by atoms with Gasteiger partial charge in [0.2, 0.25) is 0 Å². The van der Waals surface area contributed by atoms with Gasteiger partial charge >= 0.3 is 0 Å². The largest absolute Gasteiger partial charge is 0.497 e. The maximum absolute atomic E-state index is 12.1. The molecule has 100 valence electrons. The minimum atomic E-state index is 0.0722. The highest BCUT2D eigenvalue weighted by atomic mass is 16.5. The predicted molar refractivity (Wildman–Crippen MR) is 71.6 cm³/mol. The van der Waals surface area contributed by atoms with Crippen molar-refractivity contribution in [1.82, 2.24) is 5.32 Å². The molecule has 0 bridgehead atoms. The Labute approximate surface area is 108 Å². The number of methoxy groups -OCH3 is 2. The summed E-state index contributed by atoms with van der Waals surface area (Å²) in [6.07, 6.45) is 0.455. The number of rotatable bonds is 7. The Bertz CT molecular complexity index is 404. The van der Waals surface area contributed by atoms with E-state index in [9.17, 15) is 4.79 Å². The van der Waals surface area contributed by atoms with Crippen LogP contribution in [0.15, 0.2) is 18.2 Å². The number of benzene rings is 1.